The van der Waals surface area contributed by atoms with Gasteiger partial charge in [-0.3, -0.25) is 4.79 Å². The van der Waals surface area contributed by atoms with Crippen LogP contribution in [0, 0.1) is 5.82 Å². The number of carbonyl (C=O) groups is 1. The fraction of sp³-hybridized carbons (Fsp3) is 0.259. The van der Waals surface area contributed by atoms with Gasteiger partial charge in [-0.25, -0.2) is 19.4 Å². The van der Waals surface area contributed by atoms with E-state index in [1.54, 1.807) is 70.1 Å². The Morgan fingerprint density at radius 1 is 1.19 bits per heavy atom. The third-order valence-electron chi connectivity index (χ3n) is 5.36. The molecule has 0 spiro atoms. The summed E-state index contributed by atoms with van der Waals surface area (Å²) in [6.07, 6.45) is 2.26. The van der Waals surface area contributed by atoms with E-state index in [9.17, 15) is 14.3 Å². The Labute approximate surface area is 215 Å². The van der Waals surface area contributed by atoms with Gasteiger partial charge in [0.1, 0.15) is 23.9 Å². The molecule has 2 aromatic carbocycles. The molecule has 0 radical (unpaired) electrons. The number of aldehydes is 1. The minimum Gasteiger partial charge on any atom is -0.472 e. The highest BCUT2D eigenvalue weighted by molar-refractivity contribution is 6.34. The average molecular weight is 511 g/mol. The van der Waals surface area contributed by atoms with E-state index in [0.29, 0.717) is 39.9 Å². The first-order chi connectivity index (χ1) is 17.0. The molecule has 36 heavy (non-hydrogen) atoms. The first kappa shape index (κ1) is 27.0. The van der Waals surface area contributed by atoms with Gasteiger partial charge in [-0.15, -0.1) is 0 Å². The van der Waals surface area contributed by atoms with Crippen molar-refractivity contribution in [1.82, 2.24) is 9.97 Å². The van der Waals surface area contributed by atoms with Crippen LogP contribution in [-0.2, 0) is 21.7 Å². The Kier molecular flexibility index (Phi) is 8.55. The summed E-state index contributed by atoms with van der Waals surface area (Å²) in [5.74, 6) is 0.632. The number of amidine groups is 1. The quantitative estimate of drug-likeness (QED) is 0.138. The zero-order chi connectivity index (χ0) is 26.5. The van der Waals surface area contributed by atoms with Crippen molar-refractivity contribution in [3.8, 4) is 11.3 Å². The number of aliphatic imine (C=N–C) groups is 1. The molecule has 3 rings (SSSR count). The number of hydrogen-bond acceptors (Lipinski definition) is 6. The molecule has 0 saturated carbocycles. The van der Waals surface area contributed by atoms with E-state index < -0.39 is 5.60 Å². The maximum absolute atomic E-state index is 13.2. The predicted octanol–water partition coefficient (Wildman–Crippen LogP) is 5.67. The van der Waals surface area contributed by atoms with Crippen molar-refractivity contribution in [2.45, 2.75) is 39.9 Å². The molecular formula is C27H28ClFN4O3. The number of ether oxygens (including phenoxy) is 1. The summed E-state index contributed by atoms with van der Waals surface area (Å²) in [7, 11) is 1.79. The molecule has 0 saturated heterocycles. The lowest BCUT2D eigenvalue weighted by Crippen LogP contribution is -2.24. The molecule has 0 bridgehead atoms. The summed E-state index contributed by atoms with van der Waals surface area (Å²) in [5, 5.41) is 10.8. The fourth-order valence-electron chi connectivity index (χ4n) is 3.16. The van der Waals surface area contributed by atoms with Crippen LogP contribution in [0.4, 0.5) is 10.1 Å². The number of carbonyl (C=O) groups excluding carboxylic acids is 1. The Hall–Kier alpha value is -3.62. The molecule has 7 nitrogen and oxygen atoms in total. The van der Waals surface area contributed by atoms with Crippen molar-refractivity contribution in [1.29, 1.82) is 0 Å². The van der Waals surface area contributed by atoms with E-state index in [1.165, 1.54) is 12.1 Å². The van der Waals surface area contributed by atoms with E-state index in [2.05, 4.69) is 15.0 Å². The van der Waals surface area contributed by atoms with Gasteiger partial charge in [0.2, 0.25) is 5.88 Å². The molecule has 1 N–H and O–H groups in total. The average Bonchev–Trinajstić information content (AvgIpc) is 2.86. The lowest BCUT2D eigenvalue weighted by atomic mass is 10.1. The largest absolute Gasteiger partial charge is 0.472 e. The van der Waals surface area contributed by atoms with Gasteiger partial charge in [-0.2, -0.15) is 0 Å². The lowest BCUT2D eigenvalue weighted by Gasteiger charge is -2.22. The summed E-state index contributed by atoms with van der Waals surface area (Å²) in [5.41, 5.74) is 1.92. The van der Waals surface area contributed by atoms with Gasteiger partial charge in [0.05, 0.1) is 22.0 Å². The van der Waals surface area contributed by atoms with Crippen LogP contribution in [0.2, 0.25) is 5.02 Å². The number of nitrogens with zero attached hydrogens (tertiary/aromatic N) is 4. The smallest absolute Gasteiger partial charge is 0.221 e. The Morgan fingerprint density at radius 2 is 1.89 bits per heavy atom. The number of benzene rings is 2. The zero-order valence-electron chi connectivity index (χ0n) is 20.8. The maximum atomic E-state index is 13.2. The number of halogens is 2. The van der Waals surface area contributed by atoms with Gasteiger partial charge in [-0.1, -0.05) is 29.8 Å². The van der Waals surface area contributed by atoms with E-state index in [4.69, 9.17) is 16.3 Å². The molecule has 0 aliphatic heterocycles. The first-order valence-corrected chi connectivity index (χ1v) is 11.6. The number of rotatable bonds is 8. The number of aromatic nitrogens is 2. The molecule has 9 heteroatoms. The maximum Gasteiger partial charge on any atom is 0.221 e. The van der Waals surface area contributed by atoms with Gasteiger partial charge in [0.25, 0.3) is 0 Å². The van der Waals surface area contributed by atoms with Crippen molar-refractivity contribution in [3.05, 3.63) is 88.4 Å². The van der Waals surface area contributed by atoms with Crippen molar-refractivity contribution in [2.75, 3.05) is 11.9 Å². The molecular weight excluding hydrogens is 483 g/mol. The predicted molar refractivity (Wildman–Crippen MR) is 139 cm³/mol. The third-order valence-corrected chi connectivity index (χ3v) is 5.68. The van der Waals surface area contributed by atoms with Crippen molar-refractivity contribution < 1.29 is 19.0 Å². The second kappa shape index (κ2) is 11.4. The Morgan fingerprint density at radius 3 is 2.53 bits per heavy atom. The normalized spacial score (nSPS) is 12.7. The number of allylic oxidation sites excluding steroid dienone is 1. The molecule has 0 fully saturated rings. The van der Waals surface area contributed by atoms with Gasteiger partial charge < -0.3 is 14.7 Å². The molecule has 0 aliphatic rings. The molecule has 188 valence electrons. The monoisotopic (exact) mass is 510 g/mol. The van der Waals surface area contributed by atoms with Crippen LogP contribution < -0.4 is 4.90 Å². The molecule has 0 aliphatic carbocycles. The molecule has 0 unspecified atom stereocenters. The summed E-state index contributed by atoms with van der Waals surface area (Å²) in [6, 6.07) is 13.1. The van der Waals surface area contributed by atoms with Crippen molar-refractivity contribution in [2.24, 2.45) is 4.99 Å². The second-order valence-corrected chi connectivity index (χ2v) is 9.14. The van der Waals surface area contributed by atoms with Crippen LogP contribution in [0.3, 0.4) is 0 Å². The van der Waals surface area contributed by atoms with E-state index >= 15 is 0 Å². The van der Waals surface area contributed by atoms with E-state index in [-0.39, 0.29) is 18.3 Å². The van der Waals surface area contributed by atoms with Gasteiger partial charge in [-0.05, 0) is 63.6 Å². The minimum absolute atomic E-state index is 0.120. The highest BCUT2D eigenvalue weighted by atomic mass is 35.5. The van der Waals surface area contributed by atoms with Crippen LogP contribution in [0.5, 0.6) is 0 Å². The Balaban J connectivity index is 1.89. The standard InChI is InChI=1S/C27H28ClFN4O3/c1-17(15-34)25(36-16-19-6-9-21(29)10-7-19)31-18(2)33(5)24-14-20(8-11-22(24)28)23-12-13-30-26(32-23)27(3,4)35/h6-15,35H,16H2,1-5H3/b25-17+,31-18-. The SMILES string of the molecule is C/C(=N/C(OCc1ccc(F)cc1)=C(/C)C=O)N(C)c1cc(-c2ccnc(C(C)(C)O)n2)ccc1Cl. The van der Waals surface area contributed by atoms with Gasteiger partial charge in [0.15, 0.2) is 12.1 Å². The van der Waals surface area contributed by atoms with E-state index in [1.807, 2.05) is 12.1 Å². The Bertz CT molecular complexity index is 1300. The number of anilines is 1. The highest BCUT2D eigenvalue weighted by Gasteiger charge is 2.20. The first-order valence-electron chi connectivity index (χ1n) is 11.2. The van der Waals surface area contributed by atoms with Crippen molar-refractivity contribution in [3.63, 3.8) is 0 Å². The van der Waals surface area contributed by atoms with Crippen LogP contribution in [-0.4, -0.2) is 34.2 Å². The van der Waals surface area contributed by atoms with Crippen LogP contribution >= 0.6 is 11.6 Å². The summed E-state index contributed by atoms with van der Waals surface area (Å²) >= 11 is 6.51. The third kappa shape index (κ3) is 6.74. The fourth-order valence-corrected chi connectivity index (χ4v) is 3.40. The number of aliphatic hydroxyl groups is 1. The van der Waals surface area contributed by atoms with Crippen LogP contribution in [0.1, 0.15) is 39.1 Å². The second-order valence-electron chi connectivity index (χ2n) is 8.73. The molecule has 0 amide bonds. The topological polar surface area (TPSA) is 87.9 Å². The van der Waals surface area contributed by atoms with Gasteiger partial charge in [0, 0.05) is 18.8 Å². The zero-order valence-corrected chi connectivity index (χ0v) is 21.5. The molecule has 1 heterocycles. The van der Waals surface area contributed by atoms with Crippen LogP contribution in [0.15, 0.2) is 71.2 Å². The summed E-state index contributed by atoms with van der Waals surface area (Å²) < 4.78 is 19.0. The number of hydrogen-bond donors (Lipinski definition) is 1. The highest BCUT2D eigenvalue weighted by Crippen LogP contribution is 2.31. The summed E-state index contributed by atoms with van der Waals surface area (Å²) in [4.78, 5) is 26.4. The van der Waals surface area contributed by atoms with Crippen molar-refractivity contribution >= 4 is 29.4 Å². The van der Waals surface area contributed by atoms with Crippen LogP contribution in [0.25, 0.3) is 11.3 Å². The molecule has 0 atom stereocenters. The molecule has 1 aromatic heterocycles. The summed E-state index contributed by atoms with van der Waals surface area (Å²) in [6.45, 7) is 6.73. The minimum atomic E-state index is -1.18. The van der Waals surface area contributed by atoms with Gasteiger partial charge >= 0.3 is 0 Å². The lowest BCUT2D eigenvalue weighted by molar-refractivity contribution is -0.105. The van der Waals surface area contributed by atoms with E-state index in [0.717, 1.165) is 11.1 Å². The molecule has 3 aromatic rings.